The van der Waals surface area contributed by atoms with Gasteiger partial charge in [0.2, 0.25) is 5.67 Å². The highest BCUT2D eigenvalue weighted by Crippen LogP contribution is 2.63. The van der Waals surface area contributed by atoms with Gasteiger partial charge >= 0.3 is 17.9 Å². The standard InChI is InChI=1S/C26H35FO6/c1-4-25(3,27)24(30)32-21-17-11-16-18(22(28)31-20(16)21)19(17)23(29)33-26(5-2)14-7-12-6-13(9-14)10-15(26)8-12/h12-21H,4-11H2,1-3H3. The normalized spacial score (nSPS) is 50.2. The van der Waals surface area contributed by atoms with Crippen LogP contribution in [-0.2, 0) is 28.6 Å². The second kappa shape index (κ2) is 7.17. The van der Waals surface area contributed by atoms with Gasteiger partial charge in [0.05, 0.1) is 11.8 Å². The van der Waals surface area contributed by atoms with Crippen LogP contribution in [0, 0.1) is 47.3 Å². The lowest BCUT2D eigenvalue weighted by Gasteiger charge is -2.60. The van der Waals surface area contributed by atoms with Crippen LogP contribution in [0.25, 0.3) is 0 Å². The first kappa shape index (κ1) is 21.8. The minimum absolute atomic E-state index is 0.00498. The van der Waals surface area contributed by atoms with Gasteiger partial charge < -0.3 is 14.2 Å². The highest BCUT2D eigenvalue weighted by Gasteiger charge is 2.71. The van der Waals surface area contributed by atoms with Crippen LogP contribution in [0.2, 0.25) is 0 Å². The Kier molecular flexibility index (Phi) is 4.75. The van der Waals surface area contributed by atoms with E-state index < -0.39 is 47.3 Å². The average molecular weight is 463 g/mol. The molecule has 7 heteroatoms. The molecule has 1 saturated heterocycles. The van der Waals surface area contributed by atoms with Gasteiger partial charge in [-0.3, -0.25) is 9.59 Å². The van der Waals surface area contributed by atoms with Gasteiger partial charge in [-0.1, -0.05) is 13.8 Å². The lowest BCUT2D eigenvalue weighted by Crippen LogP contribution is -2.60. The van der Waals surface area contributed by atoms with Crippen LogP contribution in [0.5, 0.6) is 0 Å². The predicted molar refractivity (Wildman–Crippen MR) is 114 cm³/mol. The lowest BCUT2D eigenvalue weighted by atomic mass is 9.49. The van der Waals surface area contributed by atoms with Gasteiger partial charge in [0.1, 0.15) is 17.8 Å². The van der Waals surface area contributed by atoms with E-state index in [1.54, 1.807) is 6.92 Å². The molecule has 6 aliphatic carbocycles. The minimum atomic E-state index is -2.10. The first-order valence-electron chi connectivity index (χ1n) is 13.0. The summed E-state index contributed by atoms with van der Waals surface area (Å²) in [4.78, 5) is 39.0. The van der Waals surface area contributed by atoms with Crippen molar-refractivity contribution in [3.05, 3.63) is 0 Å². The Balaban J connectivity index is 1.25. The molecule has 6 bridgehead atoms. The summed E-state index contributed by atoms with van der Waals surface area (Å²) in [5.74, 6) is -1.09. The van der Waals surface area contributed by atoms with Crippen molar-refractivity contribution in [2.24, 2.45) is 47.3 Å². The molecule has 7 aliphatic rings. The van der Waals surface area contributed by atoms with Crippen LogP contribution >= 0.6 is 0 Å². The summed E-state index contributed by atoms with van der Waals surface area (Å²) < 4.78 is 32.2. The molecule has 33 heavy (non-hydrogen) atoms. The summed E-state index contributed by atoms with van der Waals surface area (Å²) in [6, 6.07) is 0. The number of hydrogen-bond acceptors (Lipinski definition) is 6. The van der Waals surface area contributed by atoms with Crippen LogP contribution < -0.4 is 0 Å². The van der Waals surface area contributed by atoms with E-state index >= 15 is 0 Å². The summed E-state index contributed by atoms with van der Waals surface area (Å²) in [5, 5.41) is 0. The van der Waals surface area contributed by atoms with Gasteiger partial charge in [-0.05, 0) is 82.0 Å². The molecule has 0 amide bonds. The van der Waals surface area contributed by atoms with Gasteiger partial charge in [-0.2, -0.15) is 0 Å². The molecule has 6 nitrogen and oxygen atoms in total. The molecule has 7 fully saturated rings. The summed E-state index contributed by atoms with van der Waals surface area (Å²) in [6.45, 7) is 4.91. The predicted octanol–water partition coefficient (Wildman–Crippen LogP) is 3.99. The molecule has 1 heterocycles. The third-order valence-corrected chi connectivity index (χ3v) is 10.5. The highest BCUT2D eigenvalue weighted by atomic mass is 19.1. The number of hydrogen-bond donors (Lipinski definition) is 0. The van der Waals surface area contributed by atoms with Gasteiger partial charge in [-0.15, -0.1) is 0 Å². The monoisotopic (exact) mass is 462 g/mol. The Labute approximate surface area is 194 Å². The van der Waals surface area contributed by atoms with Crippen LogP contribution in [0.1, 0.15) is 72.1 Å². The van der Waals surface area contributed by atoms with Crippen LogP contribution in [-0.4, -0.2) is 41.4 Å². The van der Waals surface area contributed by atoms with Crippen LogP contribution in [0.4, 0.5) is 4.39 Å². The molecule has 0 radical (unpaired) electrons. The van der Waals surface area contributed by atoms with Crippen molar-refractivity contribution < 1.29 is 33.0 Å². The van der Waals surface area contributed by atoms with Gasteiger partial charge in [0, 0.05) is 11.8 Å². The van der Waals surface area contributed by atoms with Crippen LogP contribution in [0.15, 0.2) is 0 Å². The first-order valence-corrected chi connectivity index (χ1v) is 13.0. The fraction of sp³-hybridized carbons (Fsp3) is 0.885. The molecular formula is C26H35FO6. The minimum Gasteiger partial charge on any atom is -0.458 e. The molecule has 182 valence electrons. The summed E-state index contributed by atoms with van der Waals surface area (Å²) >= 11 is 0. The van der Waals surface area contributed by atoms with E-state index in [4.69, 9.17) is 14.2 Å². The Morgan fingerprint density at radius 2 is 1.70 bits per heavy atom. The molecule has 7 unspecified atom stereocenters. The van der Waals surface area contributed by atoms with E-state index in [1.807, 2.05) is 0 Å². The summed E-state index contributed by atoms with van der Waals surface area (Å²) in [5.41, 5.74) is -2.55. The van der Waals surface area contributed by atoms with Gasteiger partial charge in [0.25, 0.3) is 0 Å². The van der Waals surface area contributed by atoms with Gasteiger partial charge in [0.15, 0.2) is 0 Å². The van der Waals surface area contributed by atoms with E-state index in [0.717, 1.165) is 43.9 Å². The van der Waals surface area contributed by atoms with Crippen molar-refractivity contribution in [2.45, 2.75) is 95.6 Å². The second-order valence-electron chi connectivity index (χ2n) is 12.0. The van der Waals surface area contributed by atoms with Crippen molar-refractivity contribution >= 4 is 17.9 Å². The number of carbonyl (C=O) groups excluding carboxylic acids is 3. The average Bonchev–Trinajstić information content (AvgIpc) is 3.39. The molecule has 1 aliphatic heterocycles. The van der Waals surface area contributed by atoms with Crippen molar-refractivity contribution in [3.63, 3.8) is 0 Å². The SMILES string of the molecule is CCC(C)(F)C(=O)OC1C2CC3C1OC(=O)C3C2C(=O)OC1(CC)C2CC3CC(C2)CC1C3. The zero-order valence-corrected chi connectivity index (χ0v) is 19.8. The smallest absolute Gasteiger partial charge is 0.343 e. The Hall–Kier alpha value is -1.66. The molecule has 6 saturated carbocycles. The number of carbonyl (C=O) groups is 3. The van der Waals surface area contributed by atoms with E-state index in [-0.39, 0.29) is 24.2 Å². The second-order valence-corrected chi connectivity index (χ2v) is 12.0. The molecule has 7 rings (SSSR count). The molecule has 0 aromatic heterocycles. The zero-order chi connectivity index (χ0) is 23.3. The number of fused-ring (bicyclic) bond motifs is 1. The Morgan fingerprint density at radius 1 is 1.06 bits per heavy atom. The fourth-order valence-electron chi connectivity index (χ4n) is 8.91. The first-order chi connectivity index (χ1) is 15.7. The number of halogens is 1. The highest BCUT2D eigenvalue weighted by molar-refractivity contribution is 5.87. The number of ether oxygens (including phenoxy) is 3. The van der Waals surface area contributed by atoms with E-state index in [1.165, 1.54) is 13.3 Å². The zero-order valence-electron chi connectivity index (χ0n) is 19.8. The summed E-state index contributed by atoms with van der Waals surface area (Å²) in [6.07, 6.45) is 5.85. The van der Waals surface area contributed by atoms with E-state index in [9.17, 15) is 18.8 Å². The molecule has 0 N–H and O–H groups in total. The lowest BCUT2D eigenvalue weighted by molar-refractivity contribution is -0.218. The third kappa shape index (κ3) is 2.92. The largest absolute Gasteiger partial charge is 0.458 e. The fourth-order valence-corrected chi connectivity index (χ4v) is 8.91. The van der Waals surface area contributed by atoms with Crippen LogP contribution in [0.3, 0.4) is 0 Å². The quantitative estimate of drug-likeness (QED) is 0.439. The molecule has 0 aromatic rings. The Morgan fingerprint density at radius 3 is 2.27 bits per heavy atom. The maximum atomic E-state index is 14.6. The molecular weight excluding hydrogens is 427 g/mol. The van der Waals surface area contributed by atoms with Crippen molar-refractivity contribution in [3.8, 4) is 0 Å². The molecule has 0 spiro atoms. The Bertz CT molecular complexity index is 854. The van der Waals surface area contributed by atoms with Crippen molar-refractivity contribution in [2.75, 3.05) is 0 Å². The van der Waals surface area contributed by atoms with Gasteiger partial charge in [-0.25, -0.2) is 9.18 Å². The molecule has 7 atom stereocenters. The number of esters is 3. The van der Waals surface area contributed by atoms with E-state index in [2.05, 4.69) is 6.92 Å². The number of rotatable bonds is 6. The number of alkyl halides is 1. The third-order valence-electron chi connectivity index (χ3n) is 10.5. The van der Waals surface area contributed by atoms with E-state index in [0.29, 0.717) is 18.3 Å². The van der Waals surface area contributed by atoms with Crippen molar-refractivity contribution in [1.82, 2.24) is 0 Å². The topological polar surface area (TPSA) is 78.9 Å². The summed E-state index contributed by atoms with van der Waals surface area (Å²) in [7, 11) is 0. The van der Waals surface area contributed by atoms with Crippen molar-refractivity contribution in [1.29, 1.82) is 0 Å². The maximum absolute atomic E-state index is 14.6. The molecule has 0 aromatic carbocycles. The maximum Gasteiger partial charge on any atom is 0.343 e.